The molecule has 0 saturated heterocycles. The predicted molar refractivity (Wildman–Crippen MR) is 89.3 cm³/mol. The Balaban J connectivity index is 2.13. The Morgan fingerprint density at radius 1 is 1.14 bits per heavy atom. The predicted octanol–water partition coefficient (Wildman–Crippen LogP) is 3.64. The van der Waals surface area contributed by atoms with Gasteiger partial charge >= 0.3 is 0 Å². The summed E-state index contributed by atoms with van der Waals surface area (Å²) in [5.74, 6) is -0.485. The highest BCUT2D eigenvalue weighted by Crippen LogP contribution is 2.23. The Labute approximate surface area is 134 Å². The lowest BCUT2D eigenvalue weighted by molar-refractivity contribution is -0.120. The number of nitrogens with one attached hydrogen (secondary N) is 1. The highest BCUT2D eigenvalue weighted by Gasteiger charge is 2.16. The maximum Gasteiger partial charge on any atom is 0.244 e. The minimum absolute atomic E-state index is 0.0659. The van der Waals surface area contributed by atoms with Crippen LogP contribution in [0.3, 0.4) is 0 Å². The molecule has 0 spiro atoms. The number of carbonyl (C=O) groups excluding carboxylic acids is 2. The number of benzene rings is 2. The van der Waals surface area contributed by atoms with Crippen LogP contribution in [0, 0.1) is 6.92 Å². The van der Waals surface area contributed by atoms with E-state index in [1.807, 2.05) is 31.2 Å². The Kier molecular flexibility index (Phi) is 5.17. The lowest BCUT2D eigenvalue weighted by Crippen LogP contribution is -2.36. The van der Waals surface area contributed by atoms with Crippen LogP contribution in [0.2, 0.25) is 5.02 Å². The summed E-state index contributed by atoms with van der Waals surface area (Å²) in [5.41, 5.74) is 2.21. The highest BCUT2D eigenvalue weighted by molar-refractivity contribution is 6.31. The lowest BCUT2D eigenvalue weighted by atomic mass is 10.2. The minimum Gasteiger partial charge on any atom is -0.325 e. The zero-order valence-corrected chi connectivity index (χ0v) is 13.2. The van der Waals surface area contributed by atoms with Gasteiger partial charge < -0.3 is 10.2 Å². The van der Waals surface area contributed by atoms with Crippen LogP contribution in [0.4, 0.5) is 11.4 Å². The van der Waals surface area contributed by atoms with E-state index in [9.17, 15) is 9.59 Å². The molecule has 1 N–H and O–H groups in total. The van der Waals surface area contributed by atoms with Crippen LogP contribution in [0.5, 0.6) is 0 Å². The molecule has 0 atom stereocenters. The molecule has 2 aromatic rings. The molecular weight excluding hydrogens is 300 g/mol. The van der Waals surface area contributed by atoms with Crippen LogP contribution in [-0.2, 0) is 9.59 Å². The van der Waals surface area contributed by atoms with Crippen molar-refractivity contribution in [2.24, 2.45) is 0 Å². The first-order chi connectivity index (χ1) is 10.5. The van der Waals surface area contributed by atoms with Gasteiger partial charge in [0.1, 0.15) is 6.54 Å². The standard InChI is InChI=1S/C17H17ClN2O2/c1-12-8-9-15(10-16(12)18)20(13(2)21)11-17(22)19-14-6-4-3-5-7-14/h3-10H,11H2,1-2H3,(H,19,22). The van der Waals surface area contributed by atoms with Gasteiger partial charge in [-0.15, -0.1) is 0 Å². The lowest BCUT2D eigenvalue weighted by Gasteiger charge is -2.21. The summed E-state index contributed by atoms with van der Waals surface area (Å²) in [5, 5.41) is 3.32. The molecule has 0 aliphatic carbocycles. The number of para-hydroxylation sites is 1. The van der Waals surface area contributed by atoms with Gasteiger partial charge in [0.05, 0.1) is 0 Å². The maximum absolute atomic E-state index is 12.1. The fraction of sp³-hybridized carbons (Fsp3) is 0.176. The van der Waals surface area contributed by atoms with E-state index in [1.54, 1.807) is 24.3 Å². The van der Waals surface area contributed by atoms with Crippen LogP contribution in [0.1, 0.15) is 12.5 Å². The van der Waals surface area contributed by atoms with Crippen LogP contribution in [0.15, 0.2) is 48.5 Å². The zero-order valence-electron chi connectivity index (χ0n) is 12.5. The summed E-state index contributed by atoms with van der Waals surface area (Å²) >= 11 is 6.09. The molecule has 0 heterocycles. The maximum atomic E-state index is 12.1. The Bertz CT molecular complexity index is 686. The third kappa shape index (κ3) is 4.09. The molecular formula is C17H17ClN2O2. The number of carbonyl (C=O) groups is 2. The first-order valence-corrected chi connectivity index (χ1v) is 7.24. The molecule has 0 radical (unpaired) electrons. The number of anilines is 2. The quantitative estimate of drug-likeness (QED) is 0.936. The smallest absolute Gasteiger partial charge is 0.244 e. The summed E-state index contributed by atoms with van der Waals surface area (Å²) < 4.78 is 0. The van der Waals surface area contributed by atoms with Gasteiger partial charge in [-0.3, -0.25) is 9.59 Å². The number of rotatable bonds is 4. The number of halogens is 1. The molecule has 0 aliphatic rings. The molecule has 2 rings (SSSR count). The van der Waals surface area contributed by atoms with E-state index in [-0.39, 0.29) is 18.4 Å². The second-order valence-corrected chi connectivity index (χ2v) is 5.36. The van der Waals surface area contributed by atoms with E-state index in [0.29, 0.717) is 16.4 Å². The van der Waals surface area contributed by atoms with Crippen molar-refractivity contribution in [3.8, 4) is 0 Å². The molecule has 2 amide bonds. The number of hydrogen-bond acceptors (Lipinski definition) is 2. The molecule has 0 aromatic heterocycles. The monoisotopic (exact) mass is 316 g/mol. The van der Waals surface area contributed by atoms with Gasteiger partial charge in [-0.1, -0.05) is 35.9 Å². The first kappa shape index (κ1) is 16.0. The third-order valence-corrected chi connectivity index (χ3v) is 3.61. The van der Waals surface area contributed by atoms with Gasteiger partial charge in [-0.05, 0) is 36.8 Å². The molecule has 0 fully saturated rings. The van der Waals surface area contributed by atoms with Crippen LogP contribution in [-0.4, -0.2) is 18.4 Å². The van der Waals surface area contributed by atoms with Crippen molar-refractivity contribution in [3.63, 3.8) is 0 Å². The van der Waals surface area contributed by atoms with Crippen molar-refractivity contribution in [2.45, 2.75) is 13.8 Å². The number of amides is 2. The third-order valence-electron chi connectivity index (χ3n) is 3.21. The Morgan fingerprint density at radius 3 is 2.41 bits per heavy atom. The van der Waals surface area contributed by atoms with Crippen molar-refractivity contribution in [3.05, 3.63) is 59.1 Å². The van der Waals surface area contributed by atoms with Crippen LogP contribution in [0.25, 0.3) is 0 Å². The van der Waals surface area contributed by atoms with Gasteiger partial charge in [-0.25, -0.2) is 0 Å². The number of hydrogen-bond donors (Lipinski definition) is 1. The van der Waals surface area contributed by atoms with Gasteiger partial charge in [0, 0.05) is 23.3 Å². The Hall–Kier alpha value is -2.33. The molecule has 2 aromatic carbocycles. The van der Waals surface area contributed by atoms with Crippen LogP contribution >= 0.6 is 11.6 Å². The van der Waals surface area contributed by atoms with E-state index >= 15 is 0 Å². The molecule has 0 bridgehead atoms. The molecule has 114 valence electrons. The van der Waals surface area contributed by atoms with Gasteiger partial charge in [0.15, 0.2) is 0 Å². The highest BCUT2D eigenvalue weighted by atomic mass is 35.5. The molecule has 4 nitrogen and oxygen atoms in total. The second-order valence-electron chi connectivity index (χ2n) is 4.95. The normalized spacial score (nSPS) is 10.1. The molecule has 5 heteroatoms. The molecule has 0 aliphatic heterocycles. The van der Waals surface area contributed by atoms with E-state index in [2.05, 4.69) is 5.32 Å². The topological polar surface area (TPSA) is 49.4 Å². The van der Waals surface area contributed by atoms with Crippen molar-refractivity contribution in [1.82, 2.24) is 0 Å². The van der Waals surface area contributed by atoms with Crippen molar-refractivity contribution in [2.75, 3.05) is 16.8 Å². The number of nitrogens with zero attached hydrogens (tertiary/aromatic N) is 1. The molecule has 22 heavy (non-hydrogen) atoms. The van der Waals surface area contributed by atoms with E-state index in [4.69, 9.17) is 11.6 Å². The Morgan fingerprint density at radius 2 is 1.82 bits per heavy atom. The SMILES string of the molecule is CC(=O)N(CC(=O)Nc1ccccc1)c1ccc(C)c(Cl)c1. The van der Waals surface area contributed by atoms with Gasteiger partial charge in [0.25, 0.3) is 0 Å². The summed E-state index contributed by atoms with van der Waals surface area (Å²) in [4.78, 5) is 25.3. The average molecular weight is 317 g/mol. The molecule has 0 unspecified atom stereocenters. The van der Waals surface area contributed by atoms with Gasteiger partial charge in [0.2, 0.25) is 11.8 Å². The fourth-order valence-electron chi connectivity index (χ4n) is 2.00. The van der Waals surface area contributed by atoms with E-state index in [0.717, 1.165) is 5.56 Å². The van der Waals surface area contributed by atoms with Crippen molar-refractivity contribution >= 4 is 34.8 Å². The van der Waals surface area contributed by atoms with Crippen molar-refractivity contribution in [1.29, 1.82) is 0 Å². The summed E-state index contributed by atoms with van der Waals surface area (Å²) in [6, 6.07) is 14.4. The second kappa shape index (κ2) is 7.09. The summed E-state index contributed by atoms with van der Waals surface area (Å²) in [6.45, 7) is 3.24. The largest absolute Gasteiger partial charge is 0.325 e. The van der Waals surface area contributed by atoms with Gasteiger partial charge in [-0.2, -0.15) is 0 Å². The molecule has 0 saturated carbocycles. The van der Waals surface area contributed by atoms with E-state index < -0.39 is 0 Å². The summed E-state index contributed by atoms with van der Waals surface area (Å²) in [7, 11) is 0. The first-order valence-electron chi connectivity index (χ1n) is 6.86. The average Bonchev–Trinajstić information content (AvgIpc) is 2.48. The minimum atomic E-state index is -0.266. The van der Waals surface area contributed by atoms with E-state index in [1.165, 1.54) is 11.8 Å². The summed E-state index contributed by atoms with van der Waals surface area (Å²) in [6.07, 6.45) is 0. The van der Waals surface area contributed by atoms with Crippen LogP contribution < -0.4 is 10.2 Å². The fourth-order valence-corrected chi connectivity index (χ4v) is 2.17. The number of aryl methyl sites for hydroxylation is 1. The zero-order chi connectivity index (χ0) is 16.1. The van der Waals surface area contributed by atoms with Crippen molar-refractivity contribution < 1.29 is 9.59 Å².